The van der Waals surface area contributed by atoms with Crippen molar-refractivity contribution in [3.05, 3.63) is 0 Å². The maximum atomic E-state index is 12.4. The first kappa shape index (κ1) is 17.1. The topological polar surface area (TPSA) is 35.6 Å². The van der Waals surface area contributed by atoms with Gasteiger partial charge in [0.2, 0.25) is 0 Å². The molecule has 1 aliphatic carbocycles. The van der Waals surface area contributed by atoms with E-state index in [1.165, 1.54) is 64.5 Å². The van der Waals surface area contributed by atoms with Gasteiger partial charge in [-0.1, -0.05) is 32.6 Å². The lowest BCUT2D eigenvalue weighted by molar-refractivity contribution is 0.145. The number of hydrogen-bond donors (Lipinski definition) is 1. The van der Waals surface area contributed by atoms with E-state index in [2.05, 4.69) is 22.0 Å². The van der Waals surface area contributed by atoms with Gasteiger partial charge in [0.1, 0.15) is 0 Å². The van der Waals surface area contributed by atoms with Crippen molar-refractivity contribution in [1.29, 1.82) is 0 Å². The lowest BCUT2D eigenvalue weighted by Gasteiger charge is -2.35. The number of carbonyl (C=O) groups is 1. The Balaban J connectivity index is 1.33. The maximum Gasteiger partial charge on any atom is 0.317 e. The first-order valence-electron chi connectivity index (χ1n) is 10.0. The summed E-state index contributed by atoms with van der Waals surface area (Å²) in [6, 6.07) is 0.188. The zero-order chi connectivity index (χ0) is 16.1. The monoisotopic (exact) mass is 321 g/mol. The van der Waals surface area contributed by atoms with Gasteiger partial charge in [-0.25, -0.2) is 4.79 Å². The van der Waals surface area contributed by atoms with Crippen LogP contribution in [0.1, 0.15) is 58.3 Å². The summed E-state index contributed by atoms with van der Waals surface area (Å²) in [7, 11) is 0. The summed E-state index contributed by atoms with van der Waals surface area (Å²) >= 11 is 0. The molecule has 0 unspecified atom stereocenters. The average molecular weight is 322 g/mol. The van der Waals surface area contributed by atoms with E-state index in [9.17, 15) is 4.79 Å². The second-order valence-corrected chi connectivity index (χ2v) is 7.93. The summed E-state index contributed by atoms with van der Waals surface area (Å²) in [6.07, 6.45) is 10.7. The second-order valence-electron chi connectivity index (χ2n) is 7.93. The molecule has 0 aromatic heterocycles. The average Bonchev–Trinajstić information content (AvgIpc) is 3.15. The number of rotatable bonds is 4. The Bertz CT molecular complexity index is 365. The SMILES string of the molecule is CCN1CCC(CNC(=O)N2CCC(C3CCCC3)CC2)CC1. The highest BCUT2D eigenvalue weighted by molar-refractivity contribution is 5.74. The third-order valence-corrected chi connectivity index (χ3v) is 6.59. The Kier molecular flexibility index (Phi) is 6.21. The molecule has 2 aliphatic heterocycles. The van der Waals surface area contributed by atoms with Crippen LogP contribution in [0.2, 0.25) is 0 Å². The molecule has 3 fully saturated rings. The molecule has 1 N–H and O–H groups in total. The number of nitrogens with zero attached hydrogens (tertiary/aromatic N) is 2. The highest BCUT2D eigenvalue weighted by atomic mass is 16.2. The molecule has 0 aromatic carbocycles. The van der Waals surface area contributed by atoms with Gasteiger partial charge < -0.3 is 15.1 Å². The predicted octanol–water partition coefficient (Wildman–Crippen LogP) is 3.33. The number of hydrogen-bond acceptors (Lipinski definition) is 2. The highest BCUT2D eigenvalue weighted by Gasteiger charge is 2.30. The van der Waals surface area contributed by atoms with Crippen molar-refractivity contribution in [3.63, 3.8) is 0 Å². The lowest BCUT2D eigenvalue weighted by Crippen LogP contribution is -2.47. The van der Waals surface area contributed by atoms with Crippen LogP contribution in [-0.4, -0.2) is 55.1 Å². The largest absolute Gasteiger partial charge is 0.338 e. The molecule has 2 saturated heterocycles. The molecule has 1 saturated carbocycles. The predicted molar refractivity (Wildman–Crippen MR) is 94.5 cm³/mol. The van der Waals surface area contributed by atoms with Gasteiger partial charge in [-0.15, -0.1) is 0 Å². The molecule has 23 heavy (non-hydrogen) atoms. The minimum atomic E-state index is 0.188. The summed E-state index contributed by atoms with van der Waals surface area (Å²) in [5, 5.41) is 3.21. The second kappa shape index (κ2) is 8.36. The molecule has 2 amide bonds. The summed E-state index contributed by atoms with van der Waals surface area (Å²) in [6.45, 7) is 8.61. The Labute approximate surface area is 142 Å². The van der Waals surface area contributed by atoms with Crippen LogP contribution in [0.4, 0.5) is 4.79 Å². The Morgan fingerprint density at radius 1 is 0.913 bits per heavy atom. The van der Waals surface area contributed by atoms with Crippen LogP contribution < -0.4 is 5.32 Å². The van der Waals surface area contributed by atoms with E-state index in [4.69, 9.17) is 0 Å². The van der Waals surface area contributed by atoms with Crippen molar-refractivity contribution < 1.29 is 4.79 Å². The molecule has 0 aromatic rings. The highest BCUT2D eigenvalue weighted by Crippen LogP contribution is 2.36. The van der Waals surface area contributed by atoms with Crippen LogP contribution in [0.15, 0.2) is 0 Å². The van der Waals surface area contributed by atoms with Crippen LogP contribution in [0.25, 0.3) is 0 Å². The van der Waals surface area contributed by atoms with E-state index >= 15 is 0 Å². The summed E-state index contributed by atoms with van der Waals surface area (Å²) in [4.78, 5) is 17.0. The summed E-state index contributed by atoms with van der Waals surface area (Å²) in [5.41, 5.74) is 0. The van der Waals surface area contributed by atoms with E-state index in [1.54, 1.807) is 0 Å². The smallest absolute Gasteiger partial charge is 0.317 e. The number of nitrogens with one attached hydrogen (secondary N) is 1. The van der Waals surface area contributed by atoms with Gasteiger partial charge in [0.05, 0.1) is 0 Å². The molecule has 4 heteroatoms. The van der Waals surface area contributed by atoms with Crippen LogP contribution in [0.5, 0.6) is 0 Å². The number of likely N-dealkylation sites (tertiary alicyclic amines) is 2. The zero-order valence-electron chi connectivity index (χ0n) is 14.9. The molecular weight excluding hydrogens is 286 g/mol. The van der Waals surface area contributed by atoms with Crippen molar-refractivity contribution in [2.24, 2.45) is 17.8 Å². The van der Waals surface area contributed by atoms with Crippen LogP contribution in [-0.2, 0) is 0 Å². The van der Waals surface area contributed by atoms with Gasteiger partial charge in [-0.3, -0.25) is 0 Å². The molecule has 3 aliphatic rings. The standard InChI is InChI=1S/C19H35N3O/c1-2-21-11-7-16(8-12-21)15-20-19(23)22-13-9-18(10-14-22)17-5-3-4-6-17/h16-18H,2-15H2,1H3,(H,20,23). The van der Waals surface area contributed by atoms with E-state index in [-0.39, 0.29) is 6.03 Å². The Morgan fingerprint density at radius 2 is 1.52 bits per heavy atom. The summed E-state index contributed by atoms with van der Waals surface area (Å²) < 4.78 is 0. The molecule has 0 bridgehead atoms. The van der Waals surface area contributed by atoms with Gasteiger partial charge in [-0.2, -0.15) is 0 Å². The number of carbonyl (C=O) groups excluding carboxylic acids is 1. The normalized spacial score (nSPS) is 25.9. The Hall–Kier alpha value is -0.770. The molecule has 2 heterocycles. The third-order valence-electron chi connectivity index (χ3n) is 6.59. The van der Waals surface area contributed by atoms with Gasteiger partial charge in [-0.05, 0) is 63.1 Å². The fraction of sp³-hybridized carbons (Fsp3) is 0.947. The van der Waals surface area contributed by atoms with Gasteiger partial charge in [0.15, 0.2) is 0 Å². The van der Waals surface area contributed by atoms with E-state index in [0.29, 0.717) is 5.92 Å². The molecule has 4 nitrogen and oxygen atoms in total. The molecular formula is C19H35N3O. The summed E-state index contributed by atoms with van der Waals surface area (Å²) in [5.74, 6) is 2.53. The van der Waals surface area contributed by atoms with Crippen LogP contribution >= 0.6 is 0 Å². The third kappa shape index (κ3) is 4.62. The minimum Gasteiger partial charge on any atom is -0.338 e. The lowest BCUT2D eigenvalue weighted by atomic mass is 9.83. The van der Waals surface area contributed by atoms with Gasteiger partial charge in [0, 0.05) is 19.6 Å². The van der Waals surface area contributed by atoms with Gasteiger partial charge in [0.25, 0.3) is 0 Å². The minimum absolute atomic E-state index is 0.188. The molecule has 0 spiro atoms. The first-order valence-corrected chi connectivity index (χ1v) is 10.0. The van der Waals surface area contributed by atoms with Crippen molar-refractivity contribution in [3.8, 4) is 0 Å². The van der Waals surface area contributed by atoms with Crippen LogP contribution in [0.3, 0.4) is 0 Å². The van der Waals surface area contributed by atoms with Crippen molar-refractivity contribution in [2.45, 2.75) is 58.3 Å². The fourth-order valence-corrected chi connectivity index (χ4v) is 4.85. The number of urea groups is 1. The zero-order valence-corrected chi connectivity index (χ0v) is 14.9. The van der Waals surface area contributed by atoms with Crippen molar-refractivity contribution >= 4 is 6.03 Å². The molecule has 0 atom stereocenters. The van der Waals surface area contributed by atoms with E-state index in [0.717, 1.165) is 38.0 Å². The quantitative estimate of drug-likeness (QED) is 0.862. The van der Waals surface area contributed by atoms with E-state index < -0.39 is 0 Å². The van der Waals surface area contributed by atoms with Crippen molar-refractivity contribution in [1.82, 2.24) is 15.1 Å². The molecule has 132 valence electrons. The fourth-order valence-electron chi connectivity index (χ4n) is 4.85. The molecule has 3 rings (SSSR count). The Morgan fingerprint density at radius 3 is 2.13 bits per heavy atom. The number of amides is 2. The number of piperidine rings is 2. The first-order chi connectivity index (χ1) is 11.3. The maximum absolute atomic E-state index is 12.4. The van der Waals surface area contributed by atoms with Gasteiger partial charge >= 0.3 is 6.03 Å². The van der Waals surface area contributed by atoms with E-state index in [1.807, 2.05) is 0 Å². The van der Waals surface area contributed by atoms with Crippen LogP contribution in [0, 0.1) is 17.8 Å². The van der Waals surface area contributed by atoms with Crippen molar-refractivity contribution in [2.75, 3.05) is 39.3 Å². The molecule has 0 radical (unpaired) electrons.